The van der Waals surface area contributed by atoms with Crippen molar-refractivity contribution in [3.8, 4) is 0 Å². The summed E-state index contributed by atoms with van der Waals surface area (Å²) in [6, 6.07) is 0. The molecule has 0 aliphatic carbocycles. The molecule has 1 aromatic heterocycles. The summed E-state index contributed by atoms with van der Waals surface area (Å²) >= 11 is 5.72. The first-order valence-corrected chi connectivity index (χ1v) is 3.66. The van der Waals surface area contributed by atoms with Crippen molar-refractivity contribution in [1.82, 2.24) is 9.78 Å². The lowest BCUT2D eigenvalue weighted by Gasteiger charge is -1.98. The highest BCUT2D eigenvalue weighted by Crippen LogP contribution is 2.12. The lowest BCUT2D eigenvalue weighted by molar-refractivity contribution is -0.117. The van der Waals surface area contributed by atoms with Crippen molar-refractivity contribution in [2.45, 2.75) is 20.4 Å². The van der Waals surface area contributed by atoms with Crippen molar-refractivity contribution in [3.05, 3.63) is 16.9 Å². The van der Waals surface area contributed by atoms with Crippen molar-refractivity contribution in [2.75, 3.05) is 0 Å². The molecular weight excluding hydrogens is 164 g/mol. The monoisotopic (exact) mass is 172 g/mol. The van der Waals surface area contributed by atoms with Gasteiger partial charge in [0.25, 0.3) is 0 Å². The fourth-order valence-corrected chi connectivity index (χ4v) is 0.935. The van der Waals surface area contributed by atoms with Crippen molar-refractivity contribution in [3.63, 3.8) is 0 Å². The molecule has 0 fully saturated rings. The van der Waals surface area contributed by atoms with E-state index in [0.717, 1.165) is 5.69 Å². The normalized spacial score (nSPS) is 10.1. The van der Waals surface area contributed by atoms with Crippen LogP contribution >= 0.6 is 11.6 Å². The van der Waals surface area contributed by atoms with E-state index < -0.39 is 0 Å². The highest BCUT2D eigenvalue weighted by molar-refractivity contribution is 6.31. The van der Waals surface area contributed by atoms with Gasteiger partial charge in [0.05, 0.1) is 23.5 Å². The smallest absolute Gasteiger partial charge is 0.151 e. The van der Waals surface area contributed by atoms with Gasteiger partial charge < -0.3 is 0 Å². The number of rotatable bonds is 2. The molecule has 0 aliphatic rings. The zero-order chi connectivity index (χ0) is 8.43. The standard InChI is InChI=1S/C7H9ClN2O/c1-5(11)4-10-6(2)7(8)3-9-10/h3H,4H2,1-2H3. The van der Waals surface area contributed by atoms with Crippen molar-refractivity contribution < 1.29 is 4.79 Å². The molecule has 3 nitrogen and oxygen atoms in total. The van der Waals surface area contributed by atoms with Gasteiger partial charge in [-0.05, 0) is 13.8 Å². The van der Waals surface area contributed by atoms with Crippen LogP contribution < -0.4 is 0 Å². The van der Waals surface area contributed by atoms with Gasteiger partial charge in [-0.1, -0.05) is 11.6 Å². The second-order valence-electron chi connectivity index (χ2n) is 2.44. The number of Topliss-reactive ketones (excluding diaryl/α,β-unsaturated/α-hetero) is 1. The fraction of sp³-hybridized carbons (Fsp3) is 0.429. The van der Waals surface area contributed by atoms with Gasteiger partial charge in [0.2, 0.25) is 0 Å². The minimum absolute atomic E-state index is 0.0767. The molecule has 0 aliphatic heterocycles. The molecule has 1 heterocycles. The van der Waals surface area contributed by atoms with Gasteiger partial charge in [0, 0.05) is 0 Å². The lowest BCUT2D eigenvalue weighted by atomic mass is 10.4. The summed E-state index contributed by atoms with van der Waals surface area (Å²) in [5.41, 5.74) is 0.835. The van der Waals surface area contributed by atoms with Crippen molar-refractivity contribution in [2.24, 2.45) is 0 Å². The van der Waals surface area contributed by atoms with E-state index in [-0.39, 0.29) is 5.78 Å². The van der Waals surface area contributed by atoms with E-state index >= 15 is 0 Å². The van der Waals surface area contributed by atoms with E-state index in [1.165, 1.54) is 6.92 Å². The third kappa shape index (κ3) is 1.80. The highest BCUT2D eigenvalue weighted by atomic mass is 35.5. The topological polar surface area (TPSA) is 34.9 Å². The number of carbonyl (C=O) groups excluding carboxylic acids is 1. The number of hydrogen-bond donors (Lipinski definition) is 0. The number of aromatic nitrogens is 2. The summed E-state index contributed by atoms with van der Waals surface area (Å²) in [4.78, 5) is 10.7. The Kier molecular flexibility index (Phi) is 2.29. The molecule has 1 aromatic rings. The Morgan fingerprint density at radius 2 is 2.45 bits per heavy atom. The largest absolute Gasteiger partial charge is 0.298 e. The first kappa shape index (κ1) is 8.27. The molecule has 4 heteroatoms. The van der Waals surface area contributed by atoms with E-state index in [4.69, 9.17) is 11.6 Å². The van der Waals surface area contributed by atoms with Gasteiger partial charge >= 0.3 is 0 Å². The van der Waals surface area contributed by atoms with Crippen LogP contribution in [0, 0.1) is 6.92 Å². The maximum atomic E-state index is 10.7. The number of nitrogens with zero attached hydrogens (tertiary/aromatic N) is 2. The third-order valence-corrected chi connectivity index (χ3v) is 1.79. The summed E-state index contributed by atoms with van der Waals surface area (Å²) in [5, 5.41) is 4.52. The zero-order valence-electron chi connectivity index (χ0n) is 6.47. The summed E-state index contributed by atoms with van der Waals surface area (Å²) < 4.78 is 1.59. The Bertz CT molecular complexity index is 280. The summed E-state index contributed by atoms with van der Waals surface area (Å²) in [5.74, 6) is 0.0767. The number of ketones is 1. The predicted octanol–water partition coefficient (Wildman–Crippen LogP) is 1.43. The molecule has 0 saturated heterocycles. The average molecular weight is 173 g/mol. The summed E-state index contributed by atoms with van der Waals surface area (Å²) in [6.45, 7) is 3.66. The van der Waals surface area contributed by atoms with Gasteiger partial charge in [-0.25, -0.2) is 0 Å². The molecule has 0 saturated carbocycles. The SMILES string of the molecule is CC(=O)Cn1ncc(Cl)c1C. The number of hydrogen-bond acceptors (Lipinski definition) is 2. The van der Waals surface area contributed by atoms with Crippen LogP contribution in [0.15, 0.2) is 6.20 Å². The highest BCUT2D eigenvalue weighted by Gasteiger charge is 2.04. The molecule has 0 amide bonds. The molecule has 11 heavy (non-hydrogen) atoms. The predicted molar refractivity (Wildman–Crippen MR) is 42.7 cm³/mol. The lowest BCUT2D eigenvalue weighted by Crippen LogP contribution is -2.08. The van der Waals surface area contributed by atoms with Gasteiger partial charge in [-0.2, -0.15) is 5.10 Å². The Labute approximate surface area is 70.0 Å². The van der Waals surface area contributed by atoms with Crippen LogP contribution in [0.4, 0.5) is 0 Å². The van der Waals surface area contributed by atoms with Crippen LogP contribution in [0.1, 0.15) is 12.6 Å². The first-order chi connectivity index (χ1) is 5.11. The van der Waals surface area contributed by atoms with E-state index in [1.807, 2.05) is 6.92 Å². The van der Waals surface area contributed by atoms with Crippen LogP contribution in [0.3, 0.4) is 0 Å². The maximum Gasteiger partial charge on any atom is 0.151 e. The second-order valence-corrected chi connectivity index (χ2v) is 2.84. The second kappa shape index (κ2) is 3.05. The quantitative estimate of drug-likeness (QED) is 0.677. The molecular formula is C7H9ClN2O. The van der Waals surface area contributed by atoms with Gasteiger partial charge in [-0.3, -0.25) is 9.48 Å². The fourth-order valence-electron chi connectivity index (χ4n) is 0.794. The van der Waals surface area contributed by atoms with Crippen LogP contribution in [0.2, 0.25) is 5.02 Å². The molecule has 0 bridgehead atoms. The van der Waals surface area contributed by atoms with E-state index in [2.05, 4.69) is 5.10 Å². The van der Waals surface area contributed by atoms with Crippen molar-refractivity contribution >= 4 is 17.4 Å². The molecule has 0 spiro atoms. The Morgan fingerprint density at radius 1 is 1.82 bits per heavy atom. The van der Waals surface area contributed by atoms with Crippen molar-refractivity contribution in [1.29, 1.82) is 0 Å². The molecule has 0 aromatic carbocycles. The summed E-state index contributed by atoms with van der Waals surface area (Å²) in [7, 11) is 0. The average Bonchev–Trinajstić information content (AvgIpc) is 2.18. The Morgan fingerprint density at radius 3 is 2.82 bits per heavy atom. The van der Waals surface area contributed by atoms with E-state index in [1.54, 1.807) is 10.9 Å². The van der Waals surface area contributed by atoms with Gasteiger partial charge in [-0.15, -0.1) is 0 Å². The summed E-state index contributed by atoms with van der Waals surface area (Å²) in [6.07, 6.45) is 1.54. The molecule has 0 unspecified atom stereocenters. The Hall–Kier alpha value is -0.830. The van der Waals surface area contributed by atoms with Crippen LogP contribution in [0.5, 0.6) is 0 Å². The minimum Gasteiger partial charge on any atom is -0.298 e. The zero-order valence-corrected chi connectivity index (χ0v) is 7.22. The minimum atomic E-state index is 0.0767. The van der Waals surface area contributed by atoms with Crippen LogP contribution in [-0.4, -0.2) is 15.6 Å². The first-order valence-electron chi connectivity index (χ1n) is 3.28. The van der Waals surface area contributed by atoms with Crippen LogP contribution in [-0.2, 0) is 11.3 Å². The van der Waals surface area contributed by atoms with Gasteiger partial charge in [0.1, 0.15) is 0 Å². The maximum absolute atomic E-state index is 10.7. The molecule has 0 N–H and O–H groups in total. The van der Waals surface area contributed by atoms with E-state index in [9.17, 15) is 4.79 Å². The van der Waals surface area contributed by atoms with E-state index in [0.29, 0.717) is 11.6 Å². The molecule has 1 rings (SSSR count). The third-order valence-electron chi connectivity index (χ3n) is 1.42. The number of halogens is 1. The molecule has 0 radical (unpaired) electrons. The van der Waals surface area contributed by atoms with Gasteiger partial charge in [0.15, 0.2) is 5.78 Å². The van der Waals surface area contributed by atoms with Crippen LogP contribution in [0.25, 0.3) is 0 Å². The Balaban J connectivity index is 2.87. The molecule has 60 valence electrons. The number of carbonyl (C=O) groups is 1. The molecule has 0 atom stereocenters.